The standard InChI is InChI=1S/C22H29NO8/c1-15(2)22(26)30-11-10-29-20-7-6-18(28-9-8-27-14-31-16(3)4)13-19(20)23-21(25)12-17(5)24/h6-7,13H,1,3,8-12,14H2,2,4-5H3,(H,23,25). The second-order valence-electron chi connectivity index (χ2n) is 6.57. The van der Waals surface area contributed by atoms with Crippen molar-refractivity contribution in [1.82, 2.24) is 0 Å². The fourth-order valence-corrected chi connectivity index (χ4v) is 2.07. The summed E-state index contributed by atoms with van der Waals surface area (Å²) in [5.74, 6) is 0.0806. The maximum absolute atomic E-state index is 12.0. The molecule has 0 fully saturated rings. The van der Waals surface area contributed by atoms with Gasteiger partial charge in [0, 0.05) is 11.6 Å². The van der Waals surface area contributed by atoms with Crippen molar-refractivity contribution in [3.63, 3.8) is 0 Å². The van der Waals surface area contributed by atoms with E-state index in [1.165, 1.54) is 6.92 Å². The van der Waals surface area contributed by atoms with Gasteiger partial charge in [-0.2, -0.15) is 0 Å². The van der Waals surface area contributed by atoms with Crippen LogP contribution in [0.1, 0.15) is 27.2 Å². The summed E-state index contributed by atoms with van der Waals surface area (Å²) >= 11 is 0. The molecule has 1 aromatic carbocycles. The molecule has 0 aliphatic carbocycles. The lowest BCUT2D eigenvalue weighted by Gasteiger charge is -2.15. The highest BCUT2D eigenvalue weighted by Crippen LogP contribution is 2.29. The molecule has 0 spiro atoms. The SMILES string of the molecule is C=C(C)OCOCCOc1ccc(OCCOC(=O)C(=C)C)c(NC(=O)CC(C)=O)c1. The largest absolute Gasteiger partial charge is 0.491 e. The van der Waals surface area contributed by atoms with Gasteiger partial charge in [0.1, 0.15) is 37.1 Å². The van der Waals surface area contributed by atoms with E-state index in [9.17, 15) is 14.4 Å². The molecule has 0 aliphatic heterocycles. The predicted molar refractivity (Wildman–Crippen MR) is 114 cm³/mol. The zero-order chi connectivity index (χ0) is 23.2. The number of anilines is 1. The Balaban J connectivity index is 2.68. The minimum Gasteiger partial charge on any atom is -0.491 e. The maximum atomic E-state index is 12.0. The Kier molecular flexibility index (Phi) is 11.5. The number of ether oxygens (including phenoxy) is 5. The summed E-state index contributed by atoms with van der Waals surface area (Å²) < 4.78 is 26.5. The summed E-state index contributed by atoms with van der Waals surface area (Å²) in [6, 6.07) is 4.82. The molecule has 170 valence electrons. The Morgan fingerprint density at radius 1 is 0.935 bits per heavy atom. The average Bonchev–Trinajstić information content (AvgIpc) is 2.67. The van der Waals surface area contributed by atoms with Gasteiger partial charge in [-0.1, -0.05) is 13.2 Å². The van der Waals surface area contributed by atoms with E-state index in [1.807, 2.05) is 0 Å². The van der Waals surface area contributed by atoms with Crippen LogP contribution < -0.4 is 14.8 Å². The van der Waals surface area contributed by atoms with E-state index in [1.54, 1.807) is 32.0 Å². The number of hydrogen-bond donors (Lipinski definition) is 1. The number of Topliss-reactive ketones (excluding diaryl/α,β-unsaturated/α-hetero) is 1. The van der Waals surface area contributed by atoms with Crippen LogP contribution in [0.4, 0.5) is 5.69 Å². The number of benzene rings is 1. The predicted octanol–water partition coefficient (Wildman–Crippen LogP) is 3.01. The number of esters is 1. The second-order valence-corrected chi connectivity index (χ2v) is 6.57. The first-order valence-electron chi connectivity index (χ1n) is 9.56. The van der Waals surface area contributed by atoms with Crippen molar-refractivity contribution in [1.29, 1.82) is 0 Å². The Bertz CT molecular complexity index is 803. The molecule has 0 unspecified atom stereocenters. The monoisotopic (exact) mass is 435 g/mol. The maximum Gasteiger partial charge on any atom is 0.333 e. The number of allylic oxidation sites excluding steroid dienone is 1. The van der Waals surface area contributed by atoms with Gasteiger partial charge in [0.15, 0.2) is 6.79 Å². The molecule has 0 radical (unpaired) electrons. The minimum atomic E-state index is -0.516. The Hall–Kier alpha value is -3.33. The smallest absolute Gasteiger partial charge is 0.333 e. The summed E-state index contributed by atoms with van der Waals surface area (Å²) in [6.07, 6.45) is -0.267. The fraction of sp³-hybridized carbons (Fsp3) is 0.409. The molecule has 0 saturated carbocycles. The van der Waals surface area contributed by atoms with Crippen molar-refractivity contribution in [2.24, 2.45) is 0 Å². The number of carbonyl (C=O) groups excluding carboxylic acids is 3. The van der Waals surface area contributed by atoms with Gasteiger partial charge in [0.05, 0.1) is 24.5 Å². The van der Waals surface area contributed by atoms with Gasteiger partial charge in [-0.15, -0.1) is 0 Å². The van der Waals surface area contributed by atoms with E-state index >= 15 is 0 Å². The summed E-state index contributed by atoms with van der Waals surface area (Å²) in [6.45, 7) is 12.4. The van der Waals surface area contributed by atoms with E-state index in [4.69, 9.17) is 23.7 Å². The molecule has 1 N–H and O–H groups in total. The molecule has 0 atom stereocenters. The van der Waals surface area contributed by atoms with Crippen molar-refractivity contribution >= 4 is 23.3 Å². The second kappa shape index (κ2) is 13.8. The summed E-state index contributed by atoms with van der Waals surface area (Å²) in [5.41, 5.74) is 0.607. The van der Waals surface area contributed by atoms with Crippen LogP contribution in [-0.2, 0) is 28.6 Å². The average molecular weight is 435 g/mol. The van der Waals surface area contributed by atoms with Gasteiger partial charge in [0.2, 0.25) is 5.91 Å². The van der Waals surface area contributed by atoms with E-state index in [-0.39, 0.29) is 51.0 Å². The normalized spacial score (nSPS) is 10.0. The van der Waals surface area contributed by atoms with Gasteiger partial charge < -0.3 is 29.0 Å². The first-order chi connectivity index (χ1) is 14.7. The molecular formula is C22H29NO8. The summed E-state index contributed by atoms with van der Waals surface area (Å²) in [7, 11) is 0. The lowest BCUT2D eigenvalue weighted by molar-refractivity contribution is -0.139. The van der Waals surface area contributed by atoms with Crippen LogP contribution in [0.5, 0.6) is 11.5 Å². The van der Waals surface area contributed by atoms with Crippen LogP contribution in [0.25, 0.3) is 0 Å². The highest BCUT2D eigenvalue weighted by atomic mass is 16.7. The molecule has 9 heteroatoms. The van der Waals surface area contributed by atoms with Gasteiger partial charge in [-0.05, 0) is 32.9 Å². The molecule has 0 heterocycles. The lowest BCUT2D eigenvalue weighted by Crippen LogP contribution is -2.17. The van der Waals surface area contributed by atoms with Crippen molar-refractivity contribution < 1.29 is 38.1 Å². The number of nitrogens with one attached hydrogen (secondary N) is 1. The number of carbonyl (C=O) groups is 3. The van der Waals surface area contributed by atoms with Crippen LogP contribution in [0.15, 0.2) is 42.7 Å². The molecule has 31 heavy (non-hydrogen) atoms. The number of rotatable bonds is 15. The molecule has 0 saturated heterocycles. The van der Waals surface area contributed by atoms with Crippen LogP contribution in [0.3, 0.4) is 0 Å². The third-order valence-corrected chi connectivity index (χ3v) is 3.44. The van der Waals surface area contributed by atoms with Crippen LogP contribution in [0, 0.1) is 0 Å². The van der Waals surface area contributed by atoms with Gasteiger partial charge in [-0.25, -0.2) is 4.79 Å². The first-order valence-corrected chi connectivity index (χ1v) is 9.56. The van der Waals surface area contributed by atoms with E-state index in [2.05, 4.69) is 18.5 Å². The van der Waals surface area contributed by atoms with Gasteiger partial charge in [-0.3, -0.25) is 9.59 Å². The van der Waals surface area contributed by atoms with Crippen LogP contribution in [-0.4, -0.2) is 50.9 Å². The Morgan fingerprint density at radius 2 is 1.65 bits per heavy atom. The molecule has 1 aromatic rings. The van der Waals surface area contributed by atoms with Crippen LogP contribution >= 0.6 is 0 Å². The highest BCUT2D eigenvalue weighted by Gasteiger charge is 2.12. The summed E-state index contributed by atoms with van der Waals surface area (Å²) in [5, 5.41) is 2.63. The van der Waals surface area contributed by atoms with E-state index in [0.29, 0.717) is 22.9 Å². The van der Waals surface area contributed by atoms with Gasteiger partial charge in [0.25, 0.3) is 0 Å². The topological polar surface area (TPSA) is 109 Å². The van der Waals surface area contributed by atoms with Crippen molar-refractivity contribution in [3.05, 3.63) is 42.7 Å². The number of amides is 1. The Labute approximate surface area is 181 Å². The van der Waals surface area contributed by atoms with E-state index in [0.717, 1.165) is 0 Å². The molecular weight excluding hydrogens is 406 g/mol. The van der Waals surface area contributed by atoms with Crippen molar-refractivity contribution in [2.45, 2.75) is 27.2 Å². The zero-order valence-corrected chi connectivity index (χ0v) is 18.2. The van der Waals surface area contributed by atoms with E-state index < -0.39 is 11.9 Å². The molecule has 0 aliphatic rings. The third-order valence-electron chi connectivity index (χ3n) is 3.44. The minimum absolute atomic E-state index is 0.00830. The van der Waals surface area contributed by atoms with Crippen molar-refractivity contribution in [3.8, 4) is 11.5 Å². The molecule has 1 amide bonds. The highest BCUT2D eigenvalue weighted by molar-refractivity contribution is 6.04. The fourth-order valence-electron chi connectivity index (χ4n) is 2.07. The summed E-state index contributed by atoms with van der Waals surface area (Å²) in [4.78, 5) is 34.6. The van der Waals surface area contributed by atoms with Crippen molar-refractivity contribution in [2.75, 3.05) is 38.5 Å². The lowest BCUT2D eigenvalue weighted by atomic mass is 10.2. The first kappa shape index (κ1) is 25.7. The molecule has 9 nitrogen and oxygen atoms in total. The molecule has 0 bridgehead atoms. The quantitative estimate of drug-likeness (QED) is 0.112. The molecule has 0 aromatic heterocycles. The number of ketones is 1. The Morgan fingerprint density at radius 3 is 2.29 bits per heavy atom. The molecule has 1 rings (SSSR count). The van der Waals surface area contributed by atoms with Crippen LogP contribution in [0.2, 0.25) is 0 Å². The number of hydrogen-bond acceptors (Lipinski definition) is 8. The van der Waals surface area contributed by atoms with Gasteiger partial charge >= 0.3 is 5.97 Å². The third kappa shape index (κ3) is 11.4. The zero-order valence-electron chi connectivity index (χ0n) is 18.2.